The summed E-state index contributed by atoms with van der Waals surface area (Å²) >= 11 is 0. The van der Waals surface area contributed by atoms with Crippen LogP contribution in [0.25, 0.3) is 0 Å². The summed E-state index contributed by atoms with van der Waals surface area (Å²) < 4.78 is 130. The average molecular weight is 1960 g/mol. The highest BCUT2D eigenvalue weighted by atomic mass is 16.8. The van der Waals surface area contributed by atoms with E-state index in [1.54, 1.807) is 0 Å². The Kier molecular flexibility index (Phi) is 39.0. The molecule has 61 heteroatoms. The molecule has 12 rings (SSSR count). The Bertz CT molecular complexity index is 3380. The normalized spacial score (nSPS) is 53.8. The number of hydrogen-bond donors (Lipinski definition) is 38. The van der Waals surface area contributed by atoms with Gasteiger partial charge in [0.05, 0.1) is 79.3 Å². The maximum atomic E-state index is 12.1. The number of rotatable bonds is 34. The lowest BCUT2D eigenvalue weighted by Gasteiger charge is -2.50. The molecule has 0 aliphatic carbocycles. The molecule has 0 unspecified atom stereocenters. The summed E-state index contributed by atoms with van der Waals surface area (Å²) in [4.78, 5) is 0. The largest absolute Gasteiger partial charge is 0.394 e. The molecule has 61 nitrogen and oxygen atoms in total. The second kappa shape index (κ2) is 47.4. The van der Waals surface area contributed by atoms with E-state index in [1.807, 2.05) is 0 Å². The number of hydrogen-bond acceptors (Lipinski definition) is 61. The zero-order chi connectivity index (χ0) is 97.4. The van der Waals surface area contributed by atoms with Crippen molar-refractivity contribution in [1.29, 1.82) is 0 Å². The Morgan fingerprint density at radius 1 is 0.113 bits per heavy atom. The highest BCUT2D eigenvalue weighted by Gasteiger charge is 2.64. The van der Waals surface area contributed by atoms with Gasteiger partial charge in [0.1, 0.15) is 293 Å². The van der Waals surface area contributed by atoms with Crippen LogP contribution in [0.2, 0.25) is 0 Å². The molecule has 0 aromatic carbocycles. The van der Waals surface area contributed by atoms with Gasteiger partial charge >= 0.3 is 0 Å². The molecule has 0 saturated carbocycles. The van der Waals surface area contributed by atoms with E-state index in [9.17, 15) is 194 Å². The smallest absolute Gasteiger partial charge is 0.187 e. The SMILES string of the molecule is OC[C@H]1O[C@@H](O[C@@H]2[C@@H](O)[C@H](O[C@@H]3[C@@H](O)[C@H](O[C@@H]4[C@@H](O)[C@H](O[C@@H]5[C@@H](O)[C@H](O[C@@H]6[C@@H](O)[C@H](O[C@@H]7[C@@H](O)[C@H](O[C@@H]8[C@@H](O)[C@H](O[C@@H]9[C@@H](O)[C@H](O[C@@H]%10[C@@H](O)[C@H](O[C@@H]%11[C@@H](O)[C@H](O[C@@H]%12[C@@H](O)[C@H](O)O[C@H](CO)[C@H]%12O)O[C@H](CO)[C@H]%11O)O[C@H](CO)[C@H]%10O)O[C@H](CO)[C@H]9O)O[C@H](CO)[C@H]8O)O[C@H](CO)[C@H]7O)O[C@H](CO)[C@H]6O)O[C@H](CO)[C@H]5O)O[C@H](CO)[C@H]4O)O[C@H](CO)[C@H]3O)O[C@H](CO)[C@H]2O)[C@H](O)[C@@H](O)[C@@H]1O. The van der Waals surface area contributed by atoms with Crippen LogP contribution in [0.3, 0.4) is 0 Å². The van der Waals surface area contributed by atoms with Crippen LogP contribution in [0.15, 0.2) is 0 Å². The third-order valence-electron chi connectivity index (χ3n) is 25.1. The van der Waals surface area contributed by atoms with Gasteiger partial charge in [-0.1, -0.05) is 0 Å². The number of aliphatic hydroxyl groups excluding tert-OH is 38. The third kappa shape index (κ3) is 22.6. The van der Waals surface area contributed by atoms with E-state index in [2.05, 4.69) is 0 Å². The number of ether oxygens (including phenoxy) is 23. The molecular formula is C72H122O61. The van der Waals surface area contributed by atoms with Crippen LogP contribution in [-0.4, -0.2) is 642 Å². The van der Waals surface area contributed by atoms with Crippen molar-refractivity contribution >= 4 is 0 Å². The Morgan fingerprint density at radius 2 is 0.218 bits per heavy atom. The van der Waals surface area contributed by atoms with Crippen molar-refractivity contribution in [2.24, 2.45) is 0 Å². The summed E-state index contributed by atoms with van der Waals surface area (Å²) in [6.07, 6.45) is -130. The molecule has 12 aliphatic rings. The van der Waals surface area contributed by atoms with E-state index in [0.717, 1.165) is 0 Å². The highest BCUT2D eigenvalue weighted by molar-refractivity contribution is 5.05. The van der Waals surface area contributed by atoms with Gasteiger partial charge in [-0.05, 0) is 0 Å². The molecule has 12 saturated heterocycles. The maximum Gasteiger partial charge on any atom is 0.187 e. The van der Waals surface area contributed by atoms with E-state index in [1.165, 1.54) is 0 Å². The van der Waals surface area contributed by atoms with Gasteiger partial charge < -0.3 is 303 Å². The first kappa shape index (κ1) is 109. The summed E-state index contributed by atoms with van der Waals surface area (Å²) in [5.41, 5.74) is 0. The van der Waals surface area contributed by atoms with Crippen molar-refractivity contribution in [3.8, 4) is 0 Å². The molecule has 12 fully saturated rings. The molecule has 776 valence electrons. The molecule has 12 aliphatic heterocycles. The lowest BCUT2D eigenvalue weighted by molar-refractivity contribution is -0.404. The second-order valence-corrected chi connectivity index (χ2v) is 33.6. The lowest BCUT2D eigenvalue weighted by atomic mass is 9.94. The van der Waals surface area contributed by atoms with Crippen LogP contribution < -0.4 is 0 Å². The van der Waals surface area contributed by atoms with Crippen molar-refractivity contribution in [3.63, 3.8) is 0 Å². The predicted octanol–water partition coefficient (Wildman–Crippen LogP) is -27.2. The van der Waals surface area contributed by atoms with Crippen LogP contribution in [0.4, 0.5) is 0 Å². The quantitative estimate of drug-likeness (QED) is 0.0284. The van der Waals surface area contributed by atoms with Crippen LogP contribution >= 0.6 is 0 Å². The highest BCUT2D eigenvalue weighted by Crippen LogP contribution is 2.43. The molecular weight excluding hydrogens is 1840 g/mol. The van der Waals surface area contributed by atoms with Crippen molar-refractivity contribution in [3.05, 3.63) is 0 Å². The van der Waals surface area contributed by atoms with E-state index in [0.29, 0.717) is 0 Å². The molecule has 133 heavy (non-hydrogen) atoms. The number of aliphatic hydroxyl groups is 38. The zero-order valence-electron chi connectivity index (χ0n) is 69.5. The first-order valence-electron chi connectivity index (χ1n) is 42.2. The van der Waals surface area contributed by atoms with Crippen LogP contribution in [0.5, 0.6) is 0 Å². The molecule has 0 aromatic rings. The Balaban J connectivity index is 0.703. The summed E-state index contributed by atoms with van der Waals surface area (Å²) in [5, 5.41) is 420. The summed E-state index contributed by atoms with van der Waals surface area (Å²) in [5.74, 6) is 0. The van der Waals surface area contributed by atoms with E-state index in [-0.39, 0.29) is 0 Å². The fourth-order valence-corrected chi connectivity index (χ4v) is 17.4. The zero-order valence-corrected chi connectivity index (χ0v) is 69.5. The van der Waals surface area contributed by atoms with Crippen LogP contribution in [0, 0.1) is 0 Å². The van der Waals surface area contributed by atoms with Gasteiger partial charge in [0, 0.05) is 0 Å². The van der Waals surface area contributed by atoms with Gasteiger partial charge in [-0.15, -0.1) is 0 Å². The summed E-state index contributed by atoms with van der Waals surface area (Å²) in [7, 11) is 0. The summed E-state index contributed by atoms with van der Waals surface area (Å²) in [6.45, 7) is -13.6. The first-order chi connectivity index (χ1) is 63.2. The molecule has 0 radical (unpaired) electrons. The van der Waals surface area contributed by atoms with Gasteiger partial charge in [0.15, 0.2) is 75.5 Å². The standard InChI is InChI=1S/C72H122O61/c73-1-13-25(85)37(97)38(98)62(112-13)124-51-27(87)15(3-75)114-64(40(51)100)126-53-29(89)17(5-77)116-66(42(53)102)128-55-31(91)19(7-79)118-68(44(55)104)130-57-33(93)21(9-81)120-70(46(57)106)132-59-35(95)23(11-83)122-72(48(59)108)133-60-36(96)24(12-84)121-71(49(60)109)131-58-34(94)22(10-82)119-69(47(58)107)129-56-32(92)20(8-80)117-67(45(56)105)127-54-30(90)18(6-78)115-65(43(54)103)125-52-28(88)16(4-76)113-63(41(52)101)123-50-26(86)14(2-74)111-61(110)39(50)99/h13-110H,1-12H2/t13-,14-,15-,16-,17-,18-,19-,20-,21-,22-,23-,24-,25-,26-,27-,28-,29-,30-,31-,32-,33-,34-,35-,36-,37+,38-,39-,40-,41-,42-,43-,44-,45-,46-,47-,48-,49-,50+,51+,52+,53+,54+,55+,56+,57+,58+,59+,60+,61-,62+,63+,64+,65+,66+,67+,68+,69+,70+,71+,72+/m1/s1. The van der Waals surface area contributed by atoms with Crippen molar-refractivity contribution < 1.29 is 303 Å². The summed E-state index contributed by atoms with van der Waals surface area (Å²) in [6, 6.07) is 0. The second-order valence-electron chi connectivity index (χ2n) is 33.6. The van der Waals surface area contributed by atoms with E-state index < -0.39 is 448 Å². The van der Waals surface area contributed by atoms with Crippen molar-refractivity contribution in [1.82, 2.24) is 0 Å². The van der Waals surface area contributed by atoms with Gasteiger partial charge in [-0.3, -0.25) is 0 Å². The third-order valence-corrected chi connectivity index (χ3v) is 25.1. The fraction of sp³-hybridized carbons (Fsp3) is 1.00. The predicted molar refractivity (Wildman–Crippen MR) is 395 cm³/mol. The van der Waals surface area contributed by atoms with Crippen molar-refractivity contribution in [2.45, 2.75) is 368 Å². The molecule has 0 aromatic heterocycles. The monoisotopic (exact) mass is 1960 g/mol. The first-order valence-corrected chi connectivity index (χ1v) is 42.2. The Morgan fingerprint density at radius 3 is 0.346 bits per heavy atom. The van der Waals surface area contributed by atoms with Crippen molar-refractivity contribution in [2.75, 3.05) is 79.3 Å². The van der Waals surface area contributed by atoms with Gasteiger partial charge in [-0.2, -0.15) is 0 Å². The molecule has 38 N–H and O–H groups in total. The van der Waals surface area contributed by atoms with Crippen LogP contribution in [0.1, 0.15) is 0 Å². The maximum absolute atomic E-state index is 12.1. The Labute approximate surface area is 748 Å². The minimum atomic E-state index is -2.52. The van der Waals surface area contributed by atoms with E-state index >= 15 is 0 Å². The molecule has 0 amide bonds. The van der Waals surface area contributed by atoms with Gasteiger partial charge in [0.2, 0.25) is 0 Å². The topological polar surface area (TPSA) is 981 Å². The molecule has 0 bridgehead atoms. The lowest BCUT2D eigenvalue weighted by Crippen LogP contribution is -2.69. The van der Waals surface area contributed by atoms with Gasteiger partial charge in [-0.25, -0.2) is 0 Å². The molecule has 60 atom stereocenters. The molecule has 0 spiro atoms. The Hall–Kier alpha value is -2.44. The van der Waals surface area contributed by atoms with Gasteiger partial charge in [0.25, 0.3) is 0 Å². The minimum Gasteiger partial charge on any atom is -0.394 e. The fourth-order valence-electron chi connectivity index (χ4n) is 17.4. The minimum absolute atomic E-state index is 0.931. The molecule has 12 heterocycles. The van der Waals surface area contributed by atoms with E-state index in [4.69, 9.17) is 109 Å². The average Bonchev–Trinajstić information content (AvgIpc) is 0.768. The van der Waals surface area contributed by atoms with Crippen LogP contribution in [-0.2, 0) is 109 Å².